The van der Waals surface area contributed by atoms with Crippen LogP contribution in [-0.2, 0) is 11.4 Å². The Bertz CT molecular complexity index is 402. The lowest BCUT2D eigenvalue weighted by Gasteiger charge is -2.02. The van der Waals surface area contributed by atoms with Crippen molar-refractivity contribution in [2.45, 2.75) is 19.6 Å². The molecule has 0 fully saturated rings. The summed E-state index contributed by atoms with van der Waals surface area (Å²) in [7, 11) is -1.60. The predicted molar refractivity (Wildman–Crippen MR) is 61.6 cm³/mol. The van der Waals surface area contributed by atoms with Crippen LogP contribution in [0.25, 0.3) is 0 Å². The third-order valence-corrected chi connectivity index (χ3v) is 4.17. The Labute approximate surface area is 92.3 Å². The highest BCUT2D eigenvalue weighted by molar-refractivity contribution is 7.58. The molecular weight excluding hydrogens is 234 g/mol. The summed E-state index contributed by atoms with van der Waals surface area (Å²) in [6, 6.07) is 3.66. The summed E-state index contributed by atoms with van der Waals surface area (Å²) in [6.07, 6.45) is 0. The highest BCUT2D eigenvalue weighted by Crippen LogP contribution is 2.20. The first-order valence-electron chi connectivity index (χ1n) is 4.43. The van der Waals surface area contributed by atoms with Gasteiger partial charge in [0.1, 0.15) is 5.69 Å². The first kappa shape index (κ1) is 12.2. The topological polar surface area (TPSA) is 24.7 Å². The lowest BCUT2D eigenvalue weighted by Crippen LogP contribution is -2.14. The van der Waals surface area contributed by atoms with Crippen molar-refractivity contribution in [3.05, 3.63) is 29.8 Å². The largest absolute Gasteiger partial charge is 0.256 e. The quantitative estimate of drug-likeness (QED) is 0.707. The van der Waals surface area contributed by atoms with Crippen molar-refractivity contribution in [1.29, 1.82) is 0 Å². The summed E-state index contributed by atoms with van der Waals surface area (Å²) >= 11 is 0.873. The van der Waals surface area contributed by atoms with Crippen molar-refractivity contribution in [2.24, 2.45) is 8.39 Å². The van der Waals surface area contributed by atoms with E-state index in [2.05, 4.69) is 8.39 Å². The zero-order chi connectivity index (χ0) is 11.5. The number of hydrogen-bond donors (Lipinski definition) is 0. The molecule has 0 heterocycles. The fraction of sp³-hybridized carbons (Fsp3) is 0.333. The molecular formula is C9H12F2N2SSi. The van der Waals surface area contributed by atoms with Gasteiger partial charge in [0.15, 0.2) is 19.9 Å². The van der Waals surface area contributed by atoms with Gasteiger partial charge in [0.25, 0.3) is 0 Å². The van der Waals surface area contributed by atoms with Gasteiger partial charge < -0.3 is 0 Å². The maximum Gasteiger partial charge on any atom is 0.190 e. The molecule has 0 radical (unpaired) electrons. The van der Waals surface area contributed by atoms with Crippen molar-refractivity contribution in [3.63, 3.8) is 0 Å². The van der Waals surface area contributed by atoms with E-state index in [0.717, 1.165) is 11.4 Å². The Morgan fingerprint density at radius 1 is 1.13 bits per heavy atom. The molecule has 0 N–H and O–H groups in total. The van der Waals surface area contributed by atoms with Crippen LogP contribution in [0.15, 0.2) is 26.6 Å². The fourth-order valence-electron chi connectivity index (χ4n) is 0.760. The monoisotopic (exact) mass is 246 g/mol. The standard InChI is InChI=1S/C9H12F2N2SSi/c1-15(2,3)13-14-12-9-7(10)5-4-6-8(9)11/h4-6H,1-3H3. The molecule has 1 aromatic carbocycles. The zero-order valence-electron chi connectivity index (χ0n) is 8.79. The van der Waals surface area contributed by atoms with E-state index < -0.39 is 19.9 Å². The molecule has 0 amide bonds. The molecule has 0 saturated carbocycles. The lowest BCUT2D eigenvalue weighted by molar-refractivity contribution is 0.588. The summed E-state index contributed by atoms with van der Waals surface area (Å²) in [4.78, 5) is 0. The number of hydrogen-bond acceptors (Lipinski definition) is 2. The highest BCUT2D eigenvalue weighted by atomic mass is 32.1. The van der Waals surface area contributed by atoms with Crippen LogP contribution in [0.4, 0.5) is 14.5 Å². The summed E-state index contributed by atoms with van der Waals surface area (Å²) in [5.74, 6) is -1.32. The molecule has 1 rings (SSSR count). The minimum atomic E-state index is -1.60. The maximum absolute atomic E-state index is 13.1. The van der Waals surface area contributed by atoms with E-state index in [4.69, 9.17) is 0 Å². The van der Waals surface area contributed by atoms with Gasteiger partial charge in [-0.15, -0.1) is 0 Å². The summed E-state index contributed by atoms with van der Waals surface area (Å²) in [5, 5.41) is 0. The Morgan fingerprint density at radius 2 is 1.67 bits per heavy atom. The normalized spacial score (nSPS) is 11.0. The van der Waals surface area contributed by atoms with Gasteiger partial charge in [0.2, 0.25) is 0 Å². The molecule has 0 unspecified atom stereocenters. The molecule has 0 spiro atoms. The van der Waals surface area contributed by atoms with Crippen molar-refractivity contribution in [1.82, 2.24) is 0 Å². The average molecular weight is 246 g/mol. The fourth-order valence-corrected chi connectivity index (χ4v) is 2.16. The Balaban J connectivity index is 3.05. The van der Waals surface area contributed by atoms with Crippen LogP contribution in [0.3, 0.4) is 0 Å². The Morgan fingerprint density at radius 3 is 2.13 bits per heavy atom. The highest BCUT2D eigenvalue weighted by Gasteiger charge is 2.10. The van der Waals surface area contributed by atoms with Crippen LogP contribution in [0, 0.1) is 11.6 Å². The first-order valence-corrected chi connectivity index (χ1v) is 8.61. The summed E-state index contributed by atoms with van der Waals surface area (Å²) < 4.78 is 34.1. The molecule has 82 valence electrons. The smallest absolute Gasteiger partial charge is 0.190 e. The number of benzene rings is 1. The molecule has 6 heteroatoms. The minimum Gasteiger partial charge on any atom is -0.256 e. The molecule has 0 saturated heterocycles. The molecule has 0 aliphatic carbocycles. The van der Waals surface area contributed by atoms with Crippen LogP contribution in [0.2, 0.25) is 19.6 Å². The van der Waals surface area contributed by atoms with Crippen molar-refractivity contribution >= 4 is 25.3 Å². The van der Waals surface area contributed by atoms with Crippen LogP contribution in [0.1, 0.15) is 0 Å². The second-order valence-electron chi connectivity index (χ2n) is 4.01. The van der Waals surface area contributed by atoms with Gasteiger partial charge in [0, 0.05) is 0 Å². The molecule has 15 heavy (non-hydrogen) atoms. The molecule has 2 nitrogen and oxygen atoms in total. The van der Waals surface area contributed by atoms with Crippen LogP contribution in [-0.4, -0.2) is 8.24 Å². The van der Waals surface area contributed by atoms with E-state index in [1.807, 2.05) is 19.6 Å². The van der Waals surface area contributed by atoms with E-state index in [0.29, 0.717) is 0 Å². The second-order valence-corrected chi connectivity index (χ2v) is 9.42. The summed E-state index contributed by atoms with van der Waals surface area (Å²) in [5.41, 5.74) is -0.260. The van der Waals surface area contributed by atoms with E-state index in [1.165, 1.54) is 18.2 Å². The van der Waals surface area contributed by atoms with E-state index >= 15 is 0 Å². The molecule has 0 atom stereocenters. The third-order valence-electron chi connectivity index (χ3n) is 1.38. The van der Waals surface area contributed by atoms with Crippen molar-refractivity contribution < 1.29 is 8.78 Å². The van der Waals surface area contributed by atoms with Gasteiger partial charge in [-0.25, -0.2) is 8.78 Å². The lowest BCUT2D eigenvalue weighted by atomic mass is 10.3. The van der Waals surface area contributed by atoms with Gasteiger partial charge in [-0.1, -0.05) is 6.07 Å². The van der Waals surface area contributed by atoms with Gasteiger partial charge in [-0.05, 0) is 31.8 Å². The molecule has 0 aliphatic heterocycles. The average Bonchev–Trinajstić information content (AvgIpc) is 2.08. The van der Waals surface area contributed by atoms with Crippen molar-refractivity contribution in [3.8, 4) is 0 Å². The molecule has 0 bridgehead atoms. The van der Waals surface area contributed by atoms with Gasteiger partial charge >= 0.3 is 0 Å². The first-order chi connectivity index (χ1) is 6.90. The van der Waals surface area contributed by atoms with Gasteiger partial charge in [-0.3, -0.25) is 4.03 Å². The number of nitrogens with zero attached hydrogens (tertiary/aromatic N) is 2. The number of halogens is 2. The molecule has 0 aliphatic rings. The SMILES string of the molecule is C[Si](C)(C)N=S=Nc1c(F)cccc1F. The molecule has 0 aromatic heterocycles. The Kier molecular flexibility index (Phi) is 3.87. The third kappa shape index (κ3) is 4.01. The molecule has 1 aromatic rings. The van der Waals surface area contributed by atoms with Crippen molar-refractivity contribution in [2.75, 3.05) is 0 Å². The minimum absolute atomic E-state index is 0.260. The number of rotatable bonds is 2. The van der Waals surface area contributed by atoms with Gasteiger partial charge in [-0.2, -0.15) is 4.36 Å². The van der Waals surface area contributed by atoms with E-state index in [1.54, 1.807) is 0 Å². The zero-order valence-corrected chi connectivity index (χ0v) is 10.6. The second kappa shape index (κ2) is 4.76. The van der Waals surface area contributed by atoms with Crippen LogP contribution < -0.4 is 0 Å². The van der Waals surface area contributed by atoms with E-state index in [-0.39, 0.29) is 5.69 Å². The van der Waals surface area contributed by atoms with Crippen LogP contribution >= 0.6 is 0 Å². The van der Waals surface area contributed by atoms with Crippen LogP contribution in [0.5, 0.6) is 0 Å². The Hall–Kier alpha value is -0.883. The maximum atomic E-state index is 13.1. The predicted octanol–water partition coefficient (Wildman–Crippen LogP) is 3.88. The van der Waals surface area contributed by atoms with Gasteiger partial charge in [0.05, 0.1) is 11.4 Å². The summed E-state index contributed by atoms with van der Waals surface area (Å²) in [6.45, 7) is 6.06. The van der Waals surface area contributed by atoms with E-state index in [9.17, 15) is 8.78 Å².